The largest absolute Gasteiger partial charge is 0.462 e. The van der Waals surface area contributed by atoms with Crippen molar-refractivity contribution >= 4 is 17.9 Å². The highest BCUT2D eigenvalue weighted by Gasteiger charge is 2.56. The molecule has 0 aromatic rings. The van der Waals surface area contributed by atoms with Crippen molar-refractivity contribution in [2.24, 2.45) is 0 Å². The van der Waals surface area contributed by atoms with Gasteiger partial charge < -0.3 is 28.4 Å². The average molecular weight is 332 g/mol. The Labute approximate surface area is 133 Å². The molecule has 2 fully saturated rings. The summed E-state index contributed by atoms with van der Waals surface area (Å²) in [5.41, 5.74) is 0. The van der Waals surface area contributed by atoms with Crippen molar-refractivity contribution in [3.63, 3.8) is 0 Å². The third-order valence-corrected chi connectivity index (χ3v) is 3.32. The summed E-state index contributed by atoms with van der Waals surface area (Å²) in [6, 6.07) is 0. The van der Waals surface area contributed by atoms with Crippen molar-refractivity contribution in [1.29, 1.82) is 0 Å². The maximum absolute atomic E-state index is 11.3. The first-order valence-corrected chi connectivity index (χ1v) is 7.22. The van der Waals surface area contributed by atoms with Crippen molar-refractivity contribution in [2.75, 3.05) is 6.61 Å². The summed E-state index contributed by atoms with van der Waals surface area (Å²) in [6.45, 7) is 5.20. The van der Waals surface area contributed by atoms with Crippen LogP contribution in [-0.2, 0) is 42.8 Å². The molecule has 0 aliphatic carbocycles. The first-order chi connectivity index (χ1) is 10.8. The Morgan fingerprint density at radius 2 is 1.61 bits per heavy atom. The van der Waals surface area contributed by atoms with Crippen molar-refractivity contribution in [3.8, 4) is 0 Å². The van der Waals surface area contributed by atoms with Crippen LogP contribution in [0.4, 0.5) is 0 Å². The van der Waals surface area contributed by atoms with Crippen LogP contribution in [-0.4, -0.2) is 61.5 Å². The fraction of sp³-hybridized carbons (Fsp3) is 0.786. The molecule has 23 heavy (non-hydrogen) atoms. The van der Waals surface area contributed by atoms with E-state index in [-0.39, 0.29) is 6.61 Å². The van der Waals surface area contributed by atoms with Crippen LogP contribution in [0, 0.1) is 0 Å². The summed E-state index contributed by atoms with van der Waals surface area (Å²) in [4.78, 5) is 33.5. The summed E-state index contributed by atoms with van der Waals surface area (Å²) in [7, 11) is 0. The molecule has 0 amide bonds. The molecule has 0 bridgehead atoms. The van der Waals surface area contributed by atoms with Crippen molar-refractivity contribution in [3.05, 3.63) is 0 Å². The molecule has 0 aromatic carbocycles. The van der Waals surface area contributed by atoms with Gasteiger partial charge in [-0.05, 0) is 6.92 Å². The van der Waals surface area contributed by atoms with Gasteiger partial charge in [-0.3, -0.25) is 14.4 Å². The third kappa shape index (κ3) is 4.40. The zero-order valence-corrected chi connectivity index (χ0v) is 13.3. The monoisotopic (exact) mass is 332 g/mol. The first-order valence-electron chi connectivity index (χ1n) is 7.22. The Balaban J connectivity index is 2.14. The number of ether oxygens (including phenoxy) is 6. The maximum Gasteiger partial charge on any atom is 0.305 e. The van der Waals surface area contributed by atoms with E-state index in [0.29, 0.717) is 0 Å². The Hall–Kier alpha value is -1.71. The minimum absolute atomic E-state index is 0.201. The van der Waals surface area contributed by atoms with Gasteiger partial charge in [0.25, 0.3) is 0 Å². The van der Waals surface area contributed by atoms with Crippen LogP contribution in [0.25, 0.3) is 0 Å². The predicted molar refractivity (Wildman–Crippen MR) is 71.8 cm³/mol. The number of hydrogen-bond acceptors (Lipinski definition) is 9. The van der Waals surface area contributed by atoms with Gasteiger partial charge in [0.05, 0.1) is 0 Å². The van der Waals surface area contributed by atoms with Crippen LogP contribution in [0.15, 0.2) is 0 Å². The molecule has 0 aromatic heterocycles. The van der Waals surface area contributed by atoms with E-state index in [4.69, 9.17) is 28.4 Å². The van der Waals surface area contributed by atoms with Gasteiger partial charge in [-0.1, -0.05) is 0 Å². The minimum Gasteiger partial charge on any atom is -0.462 e. The Morgan fingerprint density at radius 3 is 2.17 bits per heavy atom. The second-order valence-electron chi connectivity index (χ2n) is 5.30. The smallest absolute Gasteiger partial charge is 0.305 e. The molecular weight excluding hydrogens is 312 g/mol. The zero-order valence-electron chi connectivity index (χ0n) is 13.3. The van der Waals surface area contributed by atoms with Crippen LogP contribution in [0.3, 0.4) is 0 Å². The van der Waals surface area contributed by atoms with Gasteiger partial charge in [0, 0.05) is 20.8 Å². The molecule has 0 saturated carbocycles. The van der Waals surface area contributed by atoms with Gasteiger partial charge in [0.1, 0.15) is 18.8 Å². The Bertz CT molecular complexity index is 477. The molecule has 130 valence electrons. The molecule has 6 atom stereocenters. The molecule has 0 spiro atoms. The Morgan fingerprint density at radius 1 is 0.957 bits per heavy atom. The second-order valence-corrected chi connectivity index (χ2v) is 5.30. The van der Waals surface area contributed by atoms with E-state index in [1.807, 2.05) is 0 Å². The second kappa shape index (κ2) is 7.24. The van der Waals surface area contributed by atoms with Gasteiger partial charge in [-0.15, -0.1) is 0 Å². The number of rotatable bonds is 5. The van der Waals surface area contributed by atoms with Crippen LogP contribution < -0.4 is 0 Å². The van der Waals surface area contributed by atoms with Crippen LogP contribution in [0.2, 0.25) is 0 Å². The van der Waals surface area contributed by atoms with Crippen molar-refractivity contribution in [1.82, 2.24) is 0 Å². The third-order valence-electron chi connectivity index (χ3n) is 3.32. The van der Waals surface area contributed by atoms with E-state index in [9.17, 15) is 14.4 Å². The molecule has 9 heteroatoms. The molecule has 9 nitrogen and oxygen atoms in total. The van der Waals surface area contributed by atoms with Gasteiger partial charge >= 0.3 is 17.9 Å². The fourth-order valence-electron chi connectivity index (χ4n) is 2.59. The highest BCUT2D eigenvalue weighted by atomic mass is 16.8. The molecule has 1 unspecified atom stereocenters. The van der Waals surface area contributed by atoms with Crippen molar-refractivity contribution in [2.45, 2.75) is 64.7 Å². The summed E-state index contributed by atoms with van der Waals surface area (Å²) in [5, 5.41) is 0. The highest BCUT2D eigenvalue weighted by molar-refractivity contribution is 5.67. The lowest BCUT2D eigenvalue weighted by atomic mass is 10.1. The molecule has 2 heterocycles. The van der Waals surface area contributed by atoms with Gasteiger partial charge in [-0.2, -0.15) is 0 Å². The first kappa shape index (κ1) is 17.6. The lowest BCUT2D eigenvalue weighted by Crippen LogP contribution is -2.43. The highest BCUT2D eigenvalue weighted by Crippen LogP contribution is 2.36. The molecule has 2 aliphatic heterocycles. The predicted octanol–water partition coefficient (Wildman–Crippen LogP) is -0.101. The molecular formula is C14H20O9. The number of esters is 3. The standard InChI is InChI=1S/C14H20O9/c1-6(15)18-5-10(19-7(2)16)11-12-13(22-9(4)21-12)14(23-11)20-8(3)17/h9-14H,5H2,1-4H3/t9?,10-,11-,12-,13-,14-/m1/s1. The van der Waals surface area contributed by atoms with Gasteiger partial charge in [0.2, 0.25) is 6.29 Å². The van der Waals surface area contributed by atoms with Crippen LogP contribution >= 0.6 is 0 Å². The van der Waals surface area contributed by atoms with Crippen LogP contribution in [0.1, 0.15) is 27.7 Å². The van der Waals surface area contributed by atoms with E-state index in [2.05, 4.69) is 0 Å². The van der Waals surface area contributed by atoms with E-state index in [1.54, 1.807) is 6.92 Å². The average Bonchev–Trinajstić information content (AvgIpc) is 2.93. The molecule has 0 radical (unpaired) electrons. The van der Waals surface area contributed by atoms with E-state index < -0.39 is 54.9 Å². The molecule has 2 saturated heterocycles. The Kier molecular flexibility index (Phi) is 5.55. The summed E-state index contributed by atoms with van der Waals surface area (Å²) >= 11 is 0. The molecule has 0 N–H and O–H groups in total. The quantitative estimate of drug-likeness (QED) is 0.504. The summed E-state index contributed by atoms with van der Waals surface area (Å²) in [6.07, 6.45) is -4.47. The lowest BCUT2D eigenvalue weighted by Gasteiger charge is -2.25. The number of carbonyl (C=O) groups is 3. The fourth-order valence-corrected chi connectivity index (χ4v) is 2.59. The van der Waals surface area contributed by atoms with E-state index >= 15 is 0 Å². The SMILES string of the molecule is CC(=O)OC[C@@H](OC(C)=O)[C@H]1O[C@@H](OC(C)=O)[C@@H]2OC(C)O[C@@H]21. The van der Waals surface area contributed by atoms with Gasteiger partial charge in [0.15, 0.2) is 18.5 Å². The molecule has 2 rings (SSSR count). The number of hydrogen-bond donors (Lipinski definition) is 0. The zero-order chi connectivity index (χ0) is 17.1. The van der Waals surface area contributed by atoms with Crippen LogP contribution in [0.5, 0.6) is 0 Å². The minimum atomic E-state index is -0.983. The number of carbonyl (C=O) groups excluding carboxylic acids is 3. The topological polar surface area (TPSA) is 107 Å². The summed E-state index contributed by atoms with van der Waals surface area (Å²) < 4.78 is 31.9. The number of fused-ring (bicyclic) bond motifs is 1. The lowest BCUT2D eigenvalue weighted by molar-refractivity contribution is -0.221. The normalized spacial score (nSPS) is 33.7. The summed E-state index contributed by atoms with van der Waals surface area (Å²) in [5.74, 6) is -1.63. The van der Waals surface area contributed by atoms with Gasteiger partial charge in [-0.25, -0.2) is 0 Å². The van der Waals surface area contributed by atoms with E-state index in [0.717, 1.165) is 0 Å². The molecule has 2 aliphatic rings. The van der Waals surface area contributed by atoms with E-state index in [1.165, 1.54) is 20.8 Å². The van der Waals surface area contributed by atoms with Crippen molar-refractivity contribution < 1.29 is 42.8 Å². The maximum atomic E-state index is 11.3.